The molecule has 0 unspecified atom stereocenters. The lowest BCUT2D eigenvalue weighted by molar-refractivity contribution is 0.103. The number of aromatic nitrogens is 2. The molecule has 18 heavy (non-hydrogen) atoms. The predicted octanol–water partition coefficient (Wildman–Crippen LogP) is 3.16. The van der Waals surface area contributed by atoms with Gasteiger partial charge in [0.15, 0.2) is 5.82 Å². The summed E-state index contributed by atoms with van der Waals surface area (Å²) in [5, 5.41) is 9.73. The fraction of sp³-hybridized carbons (Fsp3) is 0.385. The number of nitrogens with one attached hydrogen (secondary N) is 2. The van der Waals surface area contributed by atoms with Crippen molar-refractivity contribution in [3.05, 3.63) is 33.1 Å². The molecule has 0 saturated carbocycles. The largest absolute Gasteiger partial charge is 0.304 e. The van der Waals surface area contributed by atoms with Gasteiger partial charge in [-0.05, 0) is 31.4 Å². The molecule has 0 radical (unpaired) electrons. The summed E-state index contributed by atoms with van der Waals surface area (Å²) in [5.74, 6) is 0.498. The van der Waals surface area contributed by atoms with Gasteiger partial charge in [-0.2, -0.15) is 5.10 Å². The lowest BCUT2D eigenvalue weighted by Gasteiger charge is -1.97. The molecule has 96 valence electrons. The highest BCUT2D eigenvalue weighted by Crippen LogP contribution is 2.22. The van der Waals surface area contributed by atoms with Crippen LogP contribution in [0.3, 0.4) is 0 Å². The van der Waals surface area contributed by atoms with E-state index in [0.717, 1.165) is 23.4 Å². The first kappa shape index (κ1) is 12.8. The van der Waals surface area contributed by atoms with Crippen LogP contribution in [0.1, 0.15) is 39.7 Å². The molecule has 2 rings (SSSR count). The number of aryl methyl sites for hydroxylation is 3. The Labute approximate surface area is 110 Å². The Kier molecular flexibility index (Phi) is 3.81. The molecule has 2 N–H and O–H groups in total. The first-order valence-electron chi connectivity index (χ1n) is 6.09. The average Bonchev–Trinajstić information content (AvgIpc) is 2.95. The quantitative estimate of drug-likeness (QED) is 0.890. The number of rotatable bonds is 4. The Morgan fingerprint density at radius 3 is 2.72 bits per heavy atom. The monoisotopic (exact) mass is 263 g/mol. The van der Waals surface area contributed by atoms with Crippen molar-refractivity contribution in [3.63, 3.8) is 0 Å². The van der Waals surface area contributed by atoms with Crippen molar-refractivity contribution in [2.24, 2.45) is 0 Å². The number of hydrogen-bond donors (Lipinski definition) is 2. The Hall–Kier alpha value is -1.62. The summed E-state index contributed by atoms with van der Waals surface area (Å²) in [6.45, 7) is 6.18. The summed E-state index contributed by atoms with van der Waals surface area (Å²) in [6.07, 6.45) is 1.83. The van der Waals surface area contributed by atoms with Gasteiger partial charge < -0.3 is 5.32 Å². The molecule has 0 aliphatic heterocycles. The van der Waals surface area contributed by atoms with Gasteiger partial charge in [0.2, 0.25) is 0 Å². The number of carbonyl (C=O) groups is 1. The van der Waals surface area contributed by atoms with Crippen molar-refractivity contribution in [3.8, 4) is 0 Å². The van der Waals surface area contributed by atoms with Gasteiger partial charge in [0.05, 0.1) is 4.88 Å². The Morgan fingerprint density at radius 2 is 2.17 bits per heavy atom. The molecule has 1 amide bonds. The van der Waals surface area contributed by atoms with Gasteiger partial charge in [0, 0.05) is 16.6 Å². The van der Waals surface area contributed by atoms with Crippen molar-refractivity contribution in [1.29, 1.82) is 0 Å². The maximum atomic E-state index is 12.0. The lowest BCUT2D eigenvalue weighted by atomic mass is 10.2. The van der Waals surface area contributed by atoms with E-state index in [-0.39, 0.29) is 5.91 Å². The molecule has 5 heteroatoms. The third-order valence-electron chi connectivity index (χ3n) is 2.88. The molecular formula is C13H17N3OS. The van der Waals surface area contributed by atoms with Crippen LogP contribution < -0.4 is 5.32 Å². The summed E-state index contributed by atoms with van der Waals surface area (Å²) in [7, 11) is 0. The minimum Gasteiger partial charge on any atom is -0.304 e. The van der Waals surface area contributed by atoms with Gasteiger partial charge in [0.25, 0.3) is 5.91 Å². The summed E-state index contributed by atoms with van der Waals surface area (Å²) in [4.78, 5) is 14.0. The first-order valence-corrected chi connectivity index (χ1v) is 6.90. The summed E-state index contributed by atoms with van der Waals surface area (Å²) >= 11 is 1.53. The minimum atomic E-state index is -0.0862. The number of anilines is 1. The van der Waals surface area contributed by atoms with Gasteiger partial charge in [-0.25, -0.2) is 0 Å². The minimum absolute atomic E-state index is 0.0862. The molecule has 2 aromatic heterocycles. The lowest BCUT2D eigenvalue weighted by Crippen LogP contribution is -2.10. The maximum Gasteiger partial charge on any atom is 0.266 e. The second-order valence-corrected chi connectivity index (χ2v) is 5.39. The van der Waals surface area contributed by atoms with Crippen LogP contribution in [-0.4, -0.2) is 16.1 Å². The van der Waals surface area contributed by atoms with Crippen molar-refractivity contribution in [2.45, 2.75) is 33.6 Å². The highest BCUT2D eigenvalue weighted by atomic mass is 32.1. The van der Waals surface area contributed by atoms with Crippen molar-refractivity contribution >= 4 is 23.1 Å². The fourth-order valence-corrected chi connectivity index (χ4v) is 2.78. The molecule has 0 aliphatic carbocycles. The molecule has 0 aliphatic rings. The molecule has 0 spiro atoms. The van der Waals surface area contributed by atoms with E-state index in [4.69, 9.17) is 0 Å². The standard InChI is InChI=1S/C13H17N3OS/c1-4-9-6-11(18-8(9)3)13(17)14-12-7-10(5-2)15-16-12/h6-7H,4-5H2,1-3H3,(H2,14,15,16,17). The molecule has 0 saturated heterocycles. The number of H-pyrrole nitrogens is 1. The zero-order valence-corrected chi connectivity index (χ0v) is 11.6. The van der Waals surface area contributed by atoms with E-state index in [1.165, 1.54) is 21.8 Å². The van der Waals surface area contributed by atoms with E-state index in [1.807, 2.05) is 26.0 Å². The van der Waals surface area contributed by atoms with E-state index in [0.29, 0.717) is 5.82 Å². The number of nitrogens with zero attached hydrogens (tertiary/aromatic N) is 1. The molecule has 2 aromatic rings. The number of hydrogen-bond acceptors (Lipinski definition) is 3. The van der Waals surface area contributed by atoms with Gasteiger partial charge in [-0.3, -0.25) is 9.89 Å². The van der Waals surface area contributed by atoms with E-state index in [9.17, 15) is 4.79 Å². The molecule has 4 nitrogen and oxygen atoms in total. The number of amides is 1. The van der Waals surface area contributed by atoms with Crippen molar-refractivity contribution in [2.75, 3.05) is 5.32 Å². The fourth-order valence-electron chi connectivity index (χ4n) is 1.77. The van der Waals surface area contributed by atoms with Crippen molar-refractivity contribution < 1.29 is 4.79 Å². The molecule has 0 bridgehead atoms. The second-order valence-electron chi connectivity index (χ2n) is 4.13. The van der Waals surface area contributed by atoms with Crippen LogP contribution in [0.2, 0.25) is 0 Å². The summed E-state index contributed by atoms with van der Waals surface area (Å²) in [5.41, 5.74) is 2.25. The van der Waals surface area contributed by atoms with E-state index < -0.39 is 0 Å². The van der Waals surface area contributed by atoms with Crippen molar-refractivity contribution in [1.82, 2.24) is 10.2 Å². The van der Waals surface area contributed by atoms with E-state index in [2.05, 4.69) is 22.4 Å². The smallest absolute Gasteiger partial charge is 0.266 e. The average molecular weight is 263 g/mol. The highest BCUT2D eigenvalue weighted by molar-refractivity contribution is 7.14. The Balaban J connectivity index is 2.11. The van der Waals surface area contributed by atoms with E-state index >= 15 is 0 Å². The van der Waals surface area contributed by atoms with Crippen LogP contribution in [0.15, 0.2) is 12.1 Å². The second kappa shape index (κ2) is 5.35. The summed E-state index contributed by atoms with van der Waals surface area (Å²) in [6, 6.07) is 3.82. The Morgan fingerprint density at radius 1 is 1.39 bits per heavy atom. The highest BCUT2D eigenvalue weighted by Gasteiger charge is 2.12. The van der Waals surface area contributed by atoms with Crippen LogP contribution in [0, 0.1) is 6.92 Å². The number of aromatic amines is 1. The Bertz CT molecular complexity index is 556. The van der Waals surface area contributed by atoms with Gasteiger partial charge in [-0.15, -0.1) is 11.3 Å². The molecule has 0 atom stereocenters. The normalized spacial score (nSPS) is 10.6. The maximum absolute atomic E-state index is 12.0. The zero-order chi connectivity index (χ0) is 13.1. The van der Waals surface area contributed by atoms with Crippen LogP contribution in [-0.2, 0) is 12.8 Å². The summed E-state index contributed by atoms with van der Waals surface area (Å²) < 4.78 is 0. The zero-order valence-electron chi connectivity index (χ0n) is 10.8. The molecule has 0 fully saturated rings. The number of thiophene rings is 1. The van der Waals surface area contributed by atoms with Crippen LogP contribution >= 0.6 is 11.3 Å². The SMILES string of the molecule is CCc1cc(NC(=O)c2cc(CC)c(C)s2)n[nH]1. The van der Waals surface area contributed by atoms with Gasteiger partial charge in [-0.1, -0.05) is 13.8 Å². The number of carbonyl (C=O) groups excluding carboxylic acids is 1. The molecular weight excluding hydrogens is 246 g/mol. The van der Waals surface area contributed by atoms with Gasteiger partial charge in [0.1, 0.15) is 0 Å². The third-order valence-corrected chi connectivity index (χ3v) is 3.97. The molecule has 2 heterocycles. The molecule has 0 aromatic carbocycles. The third kappa shape index (κ3) is 2.61. The van der Waals surface area contributed by atoms with Crippen LogP contribution in [0.5, 0.6) is 0 Å². The van der Waals surface area contributed by atoms with Crippen LogP contribution in [0.25, 0.3) is 0 Å². The first-order chi connectivity index (χ1) is 8.63. The van der Waals surface area contributed by atoms with E-state index in [1.54, 1.807) is 0 Å². The predicted molar refractivity (Wildman–Crippen MR) is 74.4 cm³/mol. The topological polar surface area (TPSA) is 57.8 Å². The van der Waals surface area contributed by atoms with Crippen LogP contribution in [0.4, 0.5) is 5.82 Å². The van der Waals surface area contributed by atoms with Gasteiger partial charge >= 0.3 is 0 Å².